The summed E-state index contributed by atoms with van der Waals surface area (Å²) in [5, 5.41) is 2.80. The van der Waals surface area contributed by atoms with Crippen LogP contribution in [0.25, 0.3) is 0 Å². The van der Waals surface area contributed by atoms with Crippen LogP contribution in [0.4, 0.5) is 0 Å². The summed E-state index contributed by atoms with van der Waals surface area (Å²) in [4.78, 5) is 11.4. The summed E-state index contributed by atoms with van der Waals surface area (Å²) < 4.78 is 9.61. The minimum atomic E-state index is -0.524. The average molecular weight is 213 g/mol. The van der Waals surface area contributed by atoms with Crippen molar-refractivity contribution in [1.29, 1.82) is 0 Å². The maximum Gasteiger partial charge on any atom is 0.223 e. The molecule has 0 atom stereocenters. The Hall–Kier alpha value is -1.05. The van der Waals surface area contributed by atoms with Gasteiger partial charge in [0.2, 0.25) is 5.91 Å². The number of ether oxygens (including phenoxy) is 2. The van der Waals surface area contributed by atoms with E-state index in [1.807, 2.05) is 13.8 Å². The molecular weight excluding hydrogens is 194 g/mol. The second-order valence-electron chi connectivity index (χ2n) is 3.65. The number of rotatable bonds is 5. The molecule has 0 bridgehead atoms. The molecule has 0 fully saturated rings. The van der Waals surface area contributed by atoms with Gasteiger partial charge in [0.15, 0.2) is 0 Å². The first kappa shape index (κ1) is 13.9. The van der Waals surface area contributed by atoms with Gasteiger partial charge in [-0.2, -0.15) is 0 Å². The van der Waals surface area contributed by atoms with Crippen LogP contribution in [0.3, 0.4) is 0 Å². The second-order valence-corrected chi connectivity index (χ2v) is 3.65. The van der Waals surface area contributed by atoms with E-state index >= 15 is 0 Å². The number of hydrogen-bond donors (Lipinski definition) is 1. The Balaban J connectivity index is 4.02. The van der Waals surface area contributed by atoms with Crippen LogP contribution in [0, 0.1) is 11.8 Å². The minimum Gasteiger partial charge on any atom is -0.384 e. The van der Waals surface area contributed by atoms with Crippen molar-refractivity contribution in [3.05, 3.63) is 0 Å². The Bertz CT molecular complexity index is 250. The molecule has 0 aromatic rings. The molecule has 0 unspecified atom stereocenters. The van der Waals surface area contributed by atoms with E-state index in [9.17, 15) is 4.79 Å². The fourth-order valence-electron chi connectivity index (χ4n) is 0.966. The Morgan fingerprint density at radius 2 is 2.00 bits per heavy atom. The Kier molecular flexibility index (Phi) is 6.76. The molecule has 4 heteroatoms. The molecular formula is C11H19NO3. The van der Waals surface area contributed by atoms with Gasteiger partial charge in [-0.05, 0) is 13.8 Å². The summed E-state index contributed by atoms with van der Waals surface area (Å²) in [6.45, 7) is 4.49. The second kappa shape index (κ2) is 7.27. The first-order valence-corrected chi connectivity index (χ1v) is 4.81. The number of hydrogen-bond acceptors (Lipinski definition) is 3. The topological polar surface area (TPSA) is 47.6 Å². The first-order chi connectivity index (χ1) is 7.02. The molecule has 0 aliphatic carbocycles. The summed E-state index contributed by atoms with van der Waals surface area (Å²) >= 11 is 0. The maximum absolute atomic E-state index is 11.4. The molecule has 86 valence electrons. The number of nitrogens with one attached hydrogen (secondary N) is 1. The largest absolute Gasteiger partial charge is 0.384 e. The van der Waals surface area contributed by atoms with Gasteiger partial charge in [-0.1, -0.05) is 11.8 Å². The summed E-state index contributed by atoms with van der Waals surface area (Å²) in [6, 6.07) is 0. The van der Waals surface area contributed by atoms with Crippen LogP contribution in [0.5, 0.6) is 0 Å². The van der Waals surface area contributed by atoms with Crippen LogP contribution in [0.15, 0.2) is 0 Å². The molecule has 0 spiro atoms. The van der Waals surface area contributed by atoms with Gasteiger partial charge < -0.3 is 14.8 Å². The smallest absolute Gasteiger partial charge is 0.223 e. The van der Waals surface area contributed by atoms with Gasteiger partial charge >= 0.3 is 0 Å². The predicted octanol–water partition coefficient (Wildman–Crippen LogP) is 0.567. The van der Waals surface area contributed by atoms with Gasteiger partial charge in [0.1, 0.15) is 6.61 Å². The third kappa shape index (κ3) is 7.98. The van der Waals surface area contributed by atoms with Crippen molar-refractivity contribution in [3.8, 4) is 11.8 Å². The van der Waals surface area contributed by atoms with Crippen molar-refractivity contribution >= 4 is 5.91 Å². The highest BCUT2D eigenvalue weighted by Crippen LogP contribution is 2.00. The summed E-state index contributed by atoms with van der Waals surface area (Å²) in [5.74, 6) is 5.68. The van der Waals surface area contributed by atoms with Gasteiger partial charge in [-0.25, -0.2) is 0 Å². The van der Waals surface area contributed by atoms with Crippen LogP contribution in [-0.4, -0.2) is 38.9 Å². The fraction of sp³-hybridized carbons (Fsp3) is 0.727. The quantitative estimate of drug-likeness (QED) is 0.679. The predicted molar refractivity (Wildman–Crippen MR) is 58.4 cm³/mol. The lowest BCUT2D eigenvalue weighted by Gasteiger charge is -2.19. The minimum absolute atomic E-state index is 0.0615. The third-order valence-corrected chi connectivity index (χ3v) is 1.60. The first-order valence-electron chi connectivity index (χ1n) is 4.81. The molecule has 1 N–H and O–H groups in total. The van der Waals surface area contributed by atoms with E-state index in [2.05, 4.69) is 17.2 Å². The Labute approximate surface area is 91.3 Å². The van der Waals surface area contributed by atoms with Crippen molar-refractivity contribution in [2.45, 2.75) is 25.8 Å². The van der Waals surface area contributed by atoms with Gasteiger partial charge in [-0.3, -0.25) is 4.79 Å². The van der Waals surface area contributed by atoms with Crippen LogP contribution in [0.1, 0.15) is 20.3 Å². The van der Waals surface area contributed by atoms with E-state index in [0.29, 0.717) is 19.6 Å². The molecule has 0 saturated carbocycles. The van der Waals surface area contributed by atoms with E-state index in [1.165, 1.54) is 0 Å². The Morgan fingerprint density at radius 1 is 1.33 bits per heavy atom. The molecule has 0 aliphatic heterocycles. The number of carbonyl (C=O) groups excluding carboxylic acids is 1. The van der Waals surface area contributed by atoms with Crippen molar-refractivity contribution in [2.24, 2.45) is 0 Å². The zero-order chi connectivity index (χ0) is 11.7. The molecule has 0 rings (SSSR count). The summed E-state index contributed by atoms with van der Waals surface area (Å²) in [6.07, 6.45) is 0.353. The van der Waals surface area contributed by atoms with E-state index in [-0.39, 0.29) is 5.91 Å². The van der Waals surface area contributed by atoms with Crippen molar-refractivity contribution in [3.63, 3.8) is 0 Å². The monoisotopic (exact) mass is 213 g/mol. The lowest BCUT2D eigenvalue weighted by molar-refractivity contribution is -0.123. The molecule has 0 aromatic heterocycles. The molecule has 0 saturated heterocycles. The third-order valence-electron chi connectivity index (χ3n) is 1.60. The number of amides is 1. The standard InChI is InChI=1S/C11H19NO3/c1-11(2,7-5-8-14-3)12-10(13)6-9-15-4/h6,8-9H2,1-4H3,(H,12,13). The van der Waals surface area contributed by atoms with Crippen LogP contribution >= 0.6 is 0 Å². The number of carbonyl (C=O) groups is 1. The average Bonchev–Trinajstić information content (AvgIpc) is 2.14. The summed E-state index contributed by atoms with van der Waals surface area (Å²) in [5.41, 5.74) is -0.524. The molecule has 4 nitrogen and oxygen atoms in total. The van der Waals surface area contributed by atoms with Gasteiger partial charge in [0, 0.05) is 20.6 Å². The highest BCUT2D eigenvalue weighted by molar-refractivity contribution is 5.77. The molecule has 0 aromatic carbocycles. The maximum atomic E-state index is 11.4. The van der Waals surface area contributed by atoms with Gasteiger partial charge in [0.25, 0.3) is 0 Å². The highest BCUT2D eigenvalue weighted by Gasteiger charge is 2.16. The van der Waals surface area contributed by atoms with Gasteiger partial charge in [0.05, 0.1) is 12.1 Å². The Morgan fingerprint density at radius 3 is 2.53 bits per heavy atom. The fourth-order valence-corrected chi connectivity index (χ4v) is 0.966. The molecule has 1 amide bonds. The lowest BCUT2D eigenvalue weighted by Crippen LogP contribution is -2.42. The van der Waals surface area contributed by atoms with E-state index in [0.717, 1.165) is 0 Å². The van der Waals surface area contributed by atoms with Crippen molar-refractivity contribution < 1.29 is 14.3 Å². The van der Waals surface area contributed by atoms with E-state index < -0.39 is 5.54 Å². The van der Waals surface area contributed by atoms with Gasteiger partial charge in [-0.15, -0.1) is 0 Å². The van der Waals surface area contributed by atoms with Crippen LogP contribution in [0.2, 0.25) is 0 Å². The van der Waals surface area contributed by atoms with E-state index in [4.69, 9.17) is 9.47 Å². The number of methoxy groups -OCH3 is 2. The zero-order valence-corrected chi connectivity index (χ0v) is 9.85. The molecule has 0 aliphatic rings. The van der Waals surface area contributed by atoms with Crippen molar-refractivity contribution in [2.75, 3.05) is 27.4 Å². The lowest BCUT2D eigenvalue weighted by atomic mass is 10.1. The molecule has 0 heterocycles. The van der Waals surface area contributed by atoms with E-state index in [1.54, 1.807) is 14.2 Å². The van der Waals surface area contributed by atoms with Crippen LogP contribution in [-0.2, 0) is 14.3 Å². The van der Waals surface area contributed by atoms with Crippen LogP contribution < -0.4 is 5.32 Å². The summed E-state index contributed by atoms with van der Waals surface area (Å²) in [7, 11) is 3.15. The normalized spacial score (nSPS) is 10.4. The molecule has 15 heavy (non-hydrogen) atoms. The molecule has 0 radical (unpaired) electrons. The SMILES string of the molecule is COCC#CC(C)(C)NC(=O)CCOC. The zero-order valence-electron chi connectivity index (χ0n) is 9.85. The van der Waals surface area contributed by atoms with Crippen molar-refractivity contribution in [1.82, 2.24) is 5.32 Å². The highest BCUT2D eigenvalue weighted by atomic mass is 16.5.